The van der Waals surface area contributed by atoms with Crippen molar-refractivity contribution in [2.75, 3.05) is 0 Å². The molecule has 1 aliphatic heterocycles. The molecule has 1 fully saturated rings. The highest BCUT2D eigenvalue weighted by molar-refractivity contribution is 9.10. The monoisotopic (exact) mass is 226 g/mol. The highest BCUT2D eigenvalue weighted by Gasteiger charge is 2.33. The Morgan fingerprint density at radius 1 is 1.60 bits per heavy atom. The van der Waals surface area contributed by atoms with Gasteiger partial charge in [0.05, 0.1) is 0 Å². The van der Waals surface area contributed by atoms with Crippen LogP contribution in [0.3, 0.4) is 0 Å². The fourth-order valence-electron chi connectivity index (χ4n) is 0.610. The van der Waals surface area contributed by atoms with E-state index >= 15 is 0 Å². The van der Waals surface area contributed by atoms with Gasteiger partial charge < -0.3 is 5.32 Å². The first-order valence-electron chi connectivity index (χ1n) is 2.51. The van der Waals surface area contributed by atoms with Gasteiger partial charge >= 0.3 is 6.03 Å². The number of rotatable bonds is 1. The minimum absolute atomic E-state index is 0.401. The largest absolute Gasteiger partial charge is 0.324 e. The zero-order valence-corrected chi connectivity index (χ0v) is 7.07. The van der Waals surface area contributed by atoms with Gasteiger partial charge in [0.15, 0.2) is 0 Å². The summed E-state index contributed by atoms with van der Waals surface area (Å²) in [6.07, 6.45) is 0. The predicted octanol–water partition coefficient (Wildman–Crippen LogP) is 0.154. The lowest BCUT2D eigenvalue weighted by atomic mass is 10.3. The second-order valence-electron chi connectivity index (χ2n) is 1.77. The van der Waals surface area contributed by atoms with Gasteiger partial charge in [0.25, 0.3) is 5.91 Å². The van der Waals surface area contributed by atoms with Crippen molar-refractivity contribution < 1.29 is 9.59 Å². The molecule has 1 heterocycles. The Bertz CT molecular complexity index is 184. The number of hydrogen-bond donors (Lipinski definition) is 2. The van der Waals surface area contributed by atoms with Gasteiger partial charge in [-0.3, -0.25) is 10.1 Å². The summed E-state index contributed by atoms with van der Waals surface area (Å²) in [4.78, 5) is 21.2. The summed E-state index contributed by atoms with van der Waals surface area (Å²) in [5, 5.41) is 4.37. The SMILES string of the molecule is O=C1NC(=O)C(C(Cl)Br)N1. The molecule has 2 atom stereocenters. The molecule has 0 radical (unpaired) electrons. The lowest BCUT2D eigenvalue weighted by Crippen LogP contribution is -2.34. The van der Waals surface area contributed by atoms with Crippen LogP contribution in [0, 0.1) is 0 Å². The maximum atomic E-state index is 10.7. The Kier molecular flexibility index (Phi) is 2.15. The molecule has 6 heteroatoms. The summed E-state index contributed by atoms with van der Waals surface area (Å²) in [6, 6.07) is -1.16. The first kappa shape index (κ1) is 7.81. The second-order valence-corrected chi connectivity index (χ2v) is 3.76. The van der Waals surface area contributed by atoms with Gasteiger partial charge in [-0.25, -0.2) is 4.79 Å². The fourth-order valence-corrected chi connectivity index (χ4v) is 1.16. The molecule has 1 aliphatic rings. The van der Waals surface area contributed by atoms with Crippen molar-refractivity contribution in [3.05, 3.63) is 0 Å². The van der Waals surface area contributed by atoms with E-state index in [4.69, 9.17) is 11.6 Å². The Labute approximate surface area is 70.4 Å². The van der Waals surface area contributed by atoms with Gasteiger partial charge in [-0.1, -0.05) is 15.9 Å². The van der Waals surface area contributed by atoms with Crippen LogP contribution in [0.2, 0.25) is 0 Å². The van der Waals surface area contributed by atoms with E-state index < -0.39 is 22.3 Å². The van der Waals surface area contributed by atoms with E-state index in [2.05, 4.69) is 21.2 Å². The third-order valence-electron chi connectivity index (χ3n) is 1.06. The maximum absolute atomic E-state index is 10.7. The van der Waals surface area contributed by atoms with E-state index in [0.717, 1.165) is 0 Å². The molecular formula is C4H4BrClN2O2. The predicted molar refractivity (Wildman–Crippen MR) is 39.0 cm³/mol. The van der Waals surface area contributed by atoms with Crippen LogP contribution < -0.4 is 10.6 Å². The molecule has 0 aromatic rings. The van der Waals surface area contributed by atoms with Gasteiger partial charge in [-0.15, -0.1) is 11.6 Å². The van der Waals surface area contributed by atoms with Gasteiger partial charge in [0.2, 0.25) is 0 Å². The quantitative estimate of drug-likeness (QED) is 0.495. The van der Waals surface area contributed by atoms with Crippen molar-refractivity contribution in [1.29, 1.82) is 0 Å². The van der Waals surface area contributed by atoms with Crippen molar-refractivity contribution in [2.24, 2.45) is 0 Å². The minimum Gasteiger partial charge on any atom is -0.324 e. The fraction of sp³-hybridized carbons (Fsp3) is 0.500. The van der Waals surface area contributed by atoms with E-state index in [1.807, 2.05) is 5.32 Å². The first-order chi connectivity index (χ1) is 4.61. The number of amides is 3. The molecule has 0 saturated carbocycles. The van der Waals surface area contributed by atoms with E-state index in [9.17, 15) is 9.59 Å². The summed E-state index contributed by atoms with van der Waals surface area (Å²) >= 11 is 8.44. The smallest absolute Gasteiger partial charge is 0.322 e. The number of carbonyl (C=O) groups excluding carboxylic acids is 2. The molecule has 2 N–H and O–H groups in total. The Hall–Kier alpha value is -0.290. The average Bonchev–Trinajstić information content (AvgIpc) is 2.10. The first-order valence-corrected chi connectivity index (χ1v) is 3.86. The van der Waals surface area contributed by atoms with Crippen molar-refractivity contribution in [3.8, 4) is 0 Å². The van der Waals surface area contributed by atoms with Gasteiger partial charge in [0, 0.05) is 0 Å². The van der Waals surface area contributed by atoms with E-state index in [-0.39, 0.29) is 0 Å². The van der Waals surface area contributed by atoms with Crippen molar-refractivity contribution >= 4 is 39.5 Å². The lowest BCUT2D eigenvalue weighted by molar-refractivity contribution is -0.119. The van der Waals surface area contributed by atoms with Gasteiger partial charge in [-0.05, 0) is 0 Å². The number of imide groups is 1. The molecule has 2 unspecified atom stereocenters. The van der Waals surface area contributed by atoms with Crippen LogP contribution in [-0.2, 0) is 4.79 Å². The molecule has 0 aromatic heterocycles. The number of nitrogens with one attached hydrogen (secondary N) is 2. The molecule has 1 saturated heterocycles. The molecule has 0 aliphatic carbocycles. The normalized spacial score (nSPS) is 27.6. The lowest BCUT2D eigenvalue weighted by Gasteiger charge is -2.05. The highest BCUT2D eigenvalue weighted by Crippen LogP contribution is 2.12. The number of alkyl halides is 2. The number of carbonyl (C=O) groups is 2. The summed E-state index contributed by atoms with van der Waals surface area (Å²) in [6.45, 7) is 0. The minimum atomic E-state index is -0.658. The second kappa shape index (κ2) is 2.75. The Morgan fingerprint density at radius 2 is 2.20 bits per heavy atom. The zero-order valence-electron chi connectivity index (χ0n) is 4.73. The van der Waals surface area contributed by atoms with E-state index in [1.54, 1.807) is 0 Å². The average molecular weight is 227 g/mol. The summed E-state index contributed by atoms with van der Waals surface area (Å²) < 4.78 is -0.557. The van der Waals surface area contributed by atoms with E-state index in [0.29, 0.717) is 0 Å². The summed E-state index contributed by atoms with van der Waals surface area (Å²) in [5.41, 5.74) is 0. The number of halogens is 2. The molecule has 0 bridgehead atoms. The van der Waals surface area contributed by atoms with Gasteiger partial charge in [0.1, 0.15) is 10.3 Å². The van der Waals surface area contributed by atoms with Crippen LogP contribution in [-0.4, -0.2) is 22.3 Å². The standard InChI is InChI=1S/C4H4BrClN2O2/c5-2(6)1-3(9)8-4(10)7-1/h1-2H,(H2,7,8,9,10). The Morgan fingerprint density at radius 3 is 2.40 bits per heavy atom. The Balaban J connectivity index is 2.63. The van der Waals surface area contributed by atoms with Crippen LogP contribution in [0.1, 0.15) is 0 Å². The van der Waals surface area contributed by atoms with Crippen molar-refractivity contribution in [2.45, 2.75) is 10.3 Å². The molecular weight excluding hydrogens is 223 g/mol. The van der Waals surface area contributed by atoms with Crippen LogP contribution in [0.25, 0.3) is 0 Å². The third-order valence-corrected chi connectivity index (χ3v) is 1.84. The molecule has 56 valence electrons. The van der Waals surface area contributed by atoms with Crippen molar-refractivity contribution in [3.63, 3.8) is 0 Å². The van der Waals surface area contributed by atoms with Crippen LogP contribution in [0.4, 0.5) is 4.79 Å². The maximum Gasteiger partial charge on any atom is 0.322 e. The van der Waals surface area contributed by atoms with Crippen LogP contribution in [0.5, 0.6) is 0 Å². The third kappa shape index (κ3) is 1.41. The number of hydrogen-bond acceptors (Lipinski definition) is 2. The molecule has 1 rings (SSSR count). The topological polar surface area (TPSA) is 58.2 Å². The van der Waals surface area contributed by atoms with E-state index in [1.165, 1.54) is 0 Å². The molecule has 0 spiro atoms. The highest BCUT2D eigenvalue weighted by atomic mass is 79.9. The molecule has 3 amide bonds. The van der Waals surface area contributed by atoms with Crippen molar-refractivity contribution in [1.82, 2.24) is 10.6 Å². The van der Waals surface area contributed by atoms with Crippen LogP contribution in [0.15, 0.2) is 0 Å². The molecule has 0 aromatic carbocycles. The zero-order chi connectivity index (χ0) is 7.72. The summed E-state index contributed by atoms with van der Waals surface area (Å²) in [5.74, 6) is -0.401. The molecule has 10 heavy (non-hydrogen) atoms. The van der Waals surface area contributed by atoms with Gasteiger partial charge in [-0.2, -0.15) is 0 Å². The van der Waals surface area contributed by atoms with Crippen LogP contribution >= 0.6 is 27.5 Å². The number of urea groups is 1. The summed E-state index contributed by atoms with van der Waals surface area (Å²) in [7, 11) is 0. The molecule has 4 nitrogen and oxygen atoms in total.